The van der Waals surface area contributed by atoms with Gasteiger partial charge in [0, 0.05) is 26.0 Å². The van der Waals surface area contributed by atoms with Crippen LogP contribution in [0.3, 0.4) is 0 Å². The molecule has 0 saturated heterocycles. The van der Waals surface area contributed by atoms with E-state index in [1.54, 1.807) is 29.3 Å². The first-order chi connectivity index (χ1) is 13.5. The third-order valence-corrected chi connectivity index (χ3v) is 5.95. The van der Waals surface area contributed by atoms with Crippen molar-refractivity contribution in [3.63, 3.8) is 0 Å². The van der Waals surface area contributed by atoms with Crippen molar-refractivity contribution >= 4 is 55.1 Å². The van der Waals surface area contributed by atoms with Crippen LogP contribution in [-0.2, 0) is 0 Å². The molecule has 1 atom stereocenters. The lowest BCUT2D eigenvalue weighted by molar-refractivity contribution is 0.0711. The monoisotopic (exact) mass is 516 g/mol. The van der Waals surface area contributed by atoms with Crippen molar-refractivity contribution in [2.24, 2.45) is 5.10 Å². The SMILES string of the molecule is O=C(c1ccc(Cl)cc1)N1N=C(c2ccc(Br)cc2)CC1c1ccc(Br)cc1. The van der Waals surface area contributed by atoms with Gasteiger partial charge in [-0.2, -0.15) is 5.10 Å². The van der Waals surface area contributed by atoms with E-state index in [4.69, 9.17) is 16.7 Å². The first-order valence-corrected chi connectivity index (χ1v) is 10.7. The Labute approximate surface area is 185 Å². The van der Waals surface area contributed by atoms with E-state index in [1.807, 2.05) is 48.5 Å². The maximum Gasteiger partial charge on any atom is 0.274 e. The van der Waals surface area contributed by atoms with Gasteiger partial charge in [0.25, 0.3) is 5.91 Å². The summed E-state index contributed by atoms with van der Waals surface area (Å²) < 4.78 is 2.01. The van der Waals surface area contributed by atoms with Crippen LogP contribution < -0.4 is 0 Å². The first-order valence-electron chi connectivity index (χ1n) is 8.69. The Balaban J connectivity index is 1.72. The van der Waals surface area contributed by atoms with E-state index in [9.17, 15) is 4.79 Å². The Morgan fingerprint density at radius 2 is 1.46 bits per heavy atom. The van der Waals surface area contributed by atoms with Gasteiger partial charge in [-0.15, -0.1) is 0 Å². The second kappa shape index (κ2) is 8.19. The Bertz CT molecular complexity index is 1030. The van der Waals surface area contributed by atoms with E-state index in [1.165, 1.54) is 0 Å². The van der Waals surface area contributed by atoms with Gasteiger partial charge in [0.05, 0.1) is 11.8 Å². The van der Waals surface area contributed by atoms with Crippen molar-refractivity contribution in [1.82, 2.24) is 5.01 Å². The lowest BCUT2D eigenvalue weighted by atomic mass is 9.98. The van der Waals surface area contributed by atoms with E-state index in [0.29, 0.717) is 17.0 Å². The average molecular weight is 519 g/mol. The molecular weight excluding hydrogens is 504 g/mol. The third-order valence-electron chi connectivity index (χ3n) is 4.64. The number of hydrazone groups is 1. The molecule has 0 aliphatic carbocycles. The summed E-state index contributed by atoms with van der Waals surface area (Å²) in [5, 5.41) is 6.89. The number of benzene rings is 3. The van der Waals surface area contributed by atoms with Crippen molar-refractivity contribution < 1.29 is 4.79 Å². The standard InChI is InChI=1S/C22H15Br2ClN2O/c23-17-7-1-14(2-8-17)20-13-21(15-3-9-18(24)10-4-15)27(26-20)22(28)16-5-11-19(25)12-6-16/h1-12,21H,13H2. The molecule has 28 heavy (non-hydrogen) atoms. The molecule has 0 bridgehead atoms. The van der Waals surface area contributed by atoms with Crippen LogP contribution in [0.25, 0.3) is 0 Å². The zero-order valence-corrected chi connectivity index (χ0v) is 18.6. The maximum atomic E-state index is 13.2. The van der Waals surface area contributed by atoms with Gasteiger partial charge in [0.1, 0.15) is 0 Å². The van der Waals surface area contributed by atoms with Crippen molar-refractivity contribution in [2.75, 3.05) is 0 Å². The highest BCUT2D eigenvalue weighted by Gasteiger charge is 2.33. The van der Waals surface area contributed by atoms with Crippen molar-refractivity contribution in [1.29, 1.82) is 0 Å². The summed E-state index contributed by atoms with van der Waals surface area (Å²) in [5.41, 5.74) is 3.51. The van der Waals surface area contributed by atoms with Gasteiger partial charge < -0.3 is 0 Å². The molecule has 3 nitrogen and oxygen atoms in total. The van der Waals surface area contributed by atoms with Crippen molar-refractivity contribution in [3.8, 4) is 0 Å². The van der Waals surface area contributed by atoms with Gasteiger partial charge in [0.15, 0.2) is 0 Å². The fraction of sp³-hybridized carbons (Fsp3) is 0.0909. The minimum atomic E-state index is -0.157. The average Bonchev–Trinajstić information content (AvgIpc) is 3.14. The van der Waals surface area contributed by atoms with E-state index < -0.39 is 0 Å². The molecule has 0 aromatic heterocycles. The smallest absolute Gasteiger partial charge is 0.267 e. The topological polar surface area (TPSA) is 32.7 Å². The minimum Gasteiger partial charge on any atom is -0.267 e. The fourth-order valence-corrected chi connectivity index (χ4v) is 3.84. The van der Waals surface area contributed by atoms with Gasteiger partial charge in [-0.1, -0.05) is 67.7 Å². The van der Waals surface area contributed by atoms with Crippen LogP contribution in [0.1, 0.15) is 33.9 Å². The Hall–Kier alpha value is -1.95. The van der Waals surface area contributed by atoms with Gasteiger partial charge in [-0.25, -0.2) is 5.01 Å². The molecule has 0 N–H and O–H groups in total. The zero-order chi connectivity index (χ0) is 19.7. The minimum absolute atomic E-state index is 0.142. The molecule has 0 fully saturated rings. The molecule has 3 aromatic carbocycles. The normalized spacial score (nSPS) is 16.2. The highest BCUT2D eigenvalue weighted by atomic mass is 79.9. The molecule has 6 heteroatoms. The Morgan fingerprint density at radius 3 is 2.07 bits per heavy atom. The number of hydrogen-bond acceptors (Lipinski definition) is 2. The van der Waals surface area contributed by atoms with E-state index in [-0.39, 0.29) is 11.9 Å². The predicted octanol–water partition coefficient (Wildman–Crippen LogP) is 6.86. The summed E-state index contributed by atoms with van der Waals surface area (Å²) in [6, 6.07) is 22.8. The molecule has 0 spiro atoms. The highest BCUT2D eigenvalue weighted by Crippen LogP contribution is 2.34. The molecule has 3 aromatic rings. The van der Waals surface area contributed by atoms with E-state index >= 15 is 0 Å². The second-order valence-corrected chi connectivity index (χ2v) is 8.75. The number of rotatable bonds is 3. The van der Waals surface area contributed by atoms with E-state index in [2.05, 4.69) is 31.9 Å². The highest BCUT2D eigenvalue weighted by molar-refractivity contribution is 9.10. The summed E-state index contributed by atoms with van der Waals surface area (Å²) in [7, 11) is 0. The molecule has 1 aliphatic heterocycles. The number of nitrogens with zero attached hydrogens (tertiary/aromatic N) is 2. The predicted molar refractivity (Wildman–Crippen MR) is 120 cm³/mol. The van der Waals surface area contributed by atoms with Gasteiger partial charge in [-0.05, 0) is 59.7 Å². The zero-order valence-electron chi connectivity index (χ0n) is 14.6. The number of carbonyl (C=O) groups excluding carboxylic acids is 1. The molecule has 1 amide bonds. The lowest BCUT2D eigenvalue weighted by Gasteiger charge is -2.22. The van der Waals surface area contributed by atoms with Crippen LogP contribution in [0, 0.1) is 0 Å². The summed E-state index contributed by atoms with van der Waals surface area (Å²) in [5.74, 6) is -0.142. The first kappa shape index (κ1) is 19.4. The maximum absolute atomic E-state index is 13.2. The molecule has 4 rings (SSSR count). The molecule has 1 heterocycles. The molecule has 0 radical (unpaired) electrons. The van der Waals surface area contributed by atoms with Crippen LogP contribution in [0.4, 0.5) is 0 Å². The molecule has 1 aliphatic rings. The Morgan fingerprint density at radius 1 is 0.893 bits per heavy atom. The number of hydrogen-bond donors (Lipinski definition) is 0. The van der Waals surface area contributed by atoms with Crippen LogP contribution in [0.15, 0.2) is 86.8 Å². The van der Waals surface area contributed by atoms with Gasteiger partial charge in [-0.3, -0.25) is 4.79 Å². The van der Waals surface area contributed by atoms with Crippen molar-refractivity contribution in [3.05, 3.63) is 103 Å². The summed E-state index contributed by atoms with van der Waals surface area (Å²) in [6.07, 6.45) is 0.655. The Kier molecular flexibility index (Phi) is 5.67. The molecule has 140 valence electrons. The van der Waals surface area contributed by atoms with Crippen LogP contribution in [0.5, 0.6) is 0 Å². The largest absolute Gasteiger partial charge is 0.274 e. The van der Waals surface area contributed by atoms with Crippen molar-refractivity contribution in [2.45, 2.75) is 12.5 Å². The van der Waals surface area contributed by atoms with Gasteiger partial charge >= 0.3 is 0 Å². The van der Waals surface area contributed by atoms with Crippen LogP contribution in [-0.4, -0.2) is 16.6 Å². The number of amides is 1. The summed E-state index contributed by atoms with van der Waals surface area (Å²) in [6.45, 7) is 0. The fourth-order valence-electron chi connectivity index (χ4n) is 3.18. The molecular formula is C22H15Br2ClN2O. The lowest BCUT2D eigenvalue weighted by Crippen LogP contribution is -2.27. The number of halogens is 3. The van der Waals surface area contributed by atoms with Gasteiger partial charge in [0.2, 0.25) is 0 Å². The summed E-state index contributed by atoms with van der Waals surface area (Å²) >= 11 is 12.9. The number of carbonyl (C=O) groups is 1. The quantitative estimate of drug-likeness (QED) is 0.373. The van der Waals surface area contributed by atoms with Crippen LogP contribution >= 0.6 is 43.5 Å². The molecule has 1 unspecified atom stereocenters. The van der Waals surface area contributed by atoms with Crippen LogP contribution in [0.2, 0.25) is 5.02 Å². The third kappa shape index (κ3) is 4.07. The molecule has 0 saturated carbocycles. The summed E-state index contributed by atoms with van der Waals surface area (Å²) in [4.78, 5) is 13.2. The van der Waals surface area contributed by atoms with E-state index in [0.717, 1.165) is 25.8 Å². The second-order valence-electron chi connectivity index (χ2n) is 6.48.